The molecule has 0 spiro atoms. The van der Waals surface area contributed by atoms with Crippen LogP contribution in [0.3, 0.4) is 0 Å². The fraction of sp³-hybridized carbons (Fsp3) is 0.348. The van der Waals surface area contributed by atoms with Crippen molar-refractivity contribution in [1.29, 1.82) is 0 Å². The topological polar surface area (TPSA) is 129 Å². The van der Waals surface area contributed by atoms with Crippen LogP contribution in [0.15, 0.2) is 39.9 Å². The van der Waals surface area contributed by atoms with E-state index in [-0.39, 0.29) is 29.9 Å². The van der Waals surface area contributed by atoms with E-state index in [2.05, 4.69) is 10.6 Å². The third-order valence-electron chi connectivity index (χ3n) is 5.38. The molecule has 184 valence electrons. The molecule has 0 saturated heterocycles. The number of nitrogens with zero attached hydrogens (tertiary/aromatic N) is 3. The van der Waals surface area contributed by atoms with Crippen LogP contribution >= 0.6 is 23.1 Å². The highest BCUT2D eigenvalue weighted by atomic mass is 32.2. The summed E-state index contributed by atoms with van der Waals surface area (Å²) in [5.41, 5.74) is 1.85. The lowest BCUT2D eigenvalue weighted by atomic mass is 10.0. The van der Waals surface area contributed by atoms with Crippen molar-refractivity contribution in [1.82, 2.24) is 10.2 Å². The monoisotopic (exact) mass is 516 g/mol. The van der Waals surface area contributed by atoms with Gasteiger partial charge < -0.3 is 24.6 Å². The Hall–Kier alpha value is -3.38. The number of amides is 2. The molecule has 2 amide bonds. The Kier molecular flexibility index (Phi) is 7.71. The number of benzene rings is 1. The van der Waals surface area contributed by atoms with E-state index in [1.54, 1.807) is 24.0 Å². The Morgan fingerprint density at radius 1 is 1.31 bits per heavy atom. The maximum Gasteiger partial charge on any atom is 0.341 e. The maximum absolute atomic E-state index is 12.7. The summed E-state index contributed by atoms with van der Waals surface area (Å²) in [5, 5.41) is 19.4. The molecule has 4 rings (SSSR count). The number of esters is 1. The number of ether oxygens (including phenoxy) is 1. The molecule has 2 aromatic heterocycles. The quantitative estimate of drug-likeness (QED) is 0.274. The molecule has 3 aromatic rings. The summed E-state index contributed by atoms with van der Waals surface area (Å²) in [6.07, 6.45) is 0.610. The lowest BCUT2D eigenvalue weighted by Crippen LogP contribution is -2.34. The van der Waals surface area contributed by atoms with Crippen molar-refractivity contribution >= 4 is 45.9 Å². The first-order valence-corrected chi connectivity index (χ1v) is 12.8. The summed E-state index contributed by atoms with van der Waals surface area (Å²) in [6.45, 7) is 4.35. The second-order valence-corrected chi connectivity index (χ2v) is 9.87. The van der Waals surface area contributed by atoms with Crippen molar-refractivity contribution in [2.24, 2.45) is 0 Å². The number of carbonyl (C=O) groups is 3. The molecule has 12 heteroatoms. The van der Waals surface area contributed by atoms with Crippen LogP contribution in [0.25, 0.3) is 5.69 Å². The summed E-state index contributed by atoms with van der Waals surface area (Å²) in [7, 11) is 0. The zero-order valence-corrected chi connectivity index (χ0v) is 20.9. The Labute approximate surface area is 209 Å². The number of thioether (sulfide) groups is 1. The van der Waals surface area contributed by atoms with Gasteiger partial charge in [-0.05, 0) is 23.6 Å². The van der Waals surface area contributed by atoms with Crippen LogP contribution in [0, 0.1) is 0 Å². The minimum atomic E-state index is -0.579. The molecular weight excluding hydrogens is 492 g/mol. The van der Waals surface area contributed by atoms with Gasteiger partial charge in [0, 0.05) is 42.7 Å². The minimum Gasteiger partial charge on any atom is -0.538 e. The van der Waals surface area contributed by atoms with Gasteiger partial charge >= 0.3 is 5.97 Å². The molecule has 0 radical (unpaired) electrons. The maximum atomic E-state index is 12.7. The number of carbonyl (C=O) groups excluding carboxylic acids is 3. The normalized spacial score (nSPS) is 12.8. The lowest BCUT2D eigenvalue weighted by Gasteiger charge is -2.25. The molecule has 0 atom stereocenters. The first-order chi connectivity index (χ1) is 16.9. The number of fused-ring (bicyclic) bond motifs is 1. The number of aromatic nitrogens is 2. The van der Waals surface area contributed by atoms with E-state index in [1.807, 2.05) is 18.2 Å². The number of rotatable bonds is 8. The van der Waals surface area contributed by atoms with Gasteiger partial charge in [0.1, 0.15) is 5.00 Å². The van der Waals surface area contributed by atoms with E-state index in [4.69, 9.17) is 9.26 Å². The molecular formula is C23H24N4O6S2. The SMILES string of the molecule is CCOC(=O)c1c(NC(=O)CCSc2c([O-])on[n+]2-c2ccccc2)sc2c1CCN(C(C)=O)C2. The highest BCUT2D eigenvalue weighted by Crippen LogP contribution is 2.38. The zero-order chi connectivity index (χ0) is 24.9. The highest BCUT2D eigenvalue weighted by Gasteiger charge is 2.30. The molecule has 10 nitrogen and oxygen atoms in total. The molecule has 1 aromatic carbocycles. The largest absolute Gasteiger partial charge is 0.538 e. The molecule has 0 fully saturated rings. The molecule has 0 bridgehead atoms. The van der Waals surface area contributed by atoms with Gasteiger partial charge in [0.15, 0.2) is 5.95 Å². The van der Waals surface area contributed by atoms with Crippen molar-refractivity contribution in [2.45, 2.75) is 38.3 Å². The van der Waals surface area contributed by atoms with E-state index >= 15 is 0 Å². The van der Waals surface area contributed by atoms with Crippen LogP contribution in [0.2, 0.25) is 0 Å². The molecule has 3 heterocycles. The van der Waals surface area contributed by atoms with Crippen molar-refractivity contribution in [3.05, 3.63) is 46.3 Å². The van der Waals surface area contributed by atoms with Gasteiger partial charge in [-0.2, -0.15) is 0 Å². The molecule has 1 aliphatic rings. The van der Waals surface area contributed by atoms with E-state index in [1.165, 1.54) is 22.9 Å². The van der Waals surface area contributed by atoms with Crippen LogP contribution in [0.4, 0.5) is 5.00 Å². The summed E-state index contributed by atoms with van der Waals surface area (Å²) >= 11 is 2.45. The summed E-state index contributed by atoms with van der Waals surface area (Å²) in [5.74, 6) is -1.11. The van der Waals surface area contributed by atoms with Crippen LogP contribution in [0.1, 0.15) is 41.1 Å². The number of nitrogens with one attached hydrogen (secondary N) is 1. The first-order valence-electron chi connectivity index (χ1n) is 11.0. The van der Waals surface area contributed by atoms with Crippen molar-refractivity contribution in [2.75, 3.05) is 24.2 Å². The second kappa shape index (κ2) is 10.9. The summed E-state index contributed by atoms with van der Waals surface area (Å²) in [4.78, 5) is 39.8. The number of anilines is 1. The number of hydrogen-bond acceptors (Lipinski definition) is 9. The van der Waals surface area contributed by atoms with Crippen LogP contribution in [-0.2, 0) is 27.3 Å². The molecule has 35 heavy (non-hydrogen) atoms. The van der Waals surface area contributed by atoms with E-state index in [0.29, 0.717) is 41.5 Å². The van der Waals surface area contributed by atoms with Gasteiger partial charge in [0.2, 0.25) is 17.5 Å². The van der Waals surface area contributed by atoms with Crippen molar-refractivity contribution in [3.8, 4) is 11.6 Å². The summed E-state index contributed by atoms with van der Waals surface area (Å²) < 4.78 is 11.4. The third kappa shape index (κ3) is 5.49. The number of hydrogen-bond donors (Lipinski definition) is 1. The van der Waals surface area contributed by atoms with Gasteiger partial charge in [0.25, 0.3) is 5.03 Å². The first kappa shape index (κ1) is 24.7. The van der Waals surface area contributed by atoms with Crippen LogP contribution in [0.5, 0.6) is 5.95 Å². The standard InChI is InChI=1S/C23H24N4O6S2/c1-3-32-22(30)19-16-9-11-26(14(2)28)13-17(16)35-20(19)24-18(29)10-12-34-21-23(31)33-25-27(21)15-7-5-4-6-8-15/h4-8H,3,9-13H2,1-2H3,(H-,24,25,29,30,31). The van der Waals surface area contributed by atoms with Crippen LogP contribution in [-0.4, -0.2) is 46.9 Å². The van der Waals surface area contributed by atoms with Gasteiger partial charge in [-0.25, -0.2) is 4.79 Å². The van der Waals surface area contributed by atoms with Gasteiger partial charge in [-0.1, -0.05) is 30.0 Å². The van der Waals surface area contributed by atoms with Crippen molar-refractivity contribution < 1.29 is 33.4 Å². The molecule has 0 aliphatic carbocycles. The van der Waals surface area contributed by atoms with Crippen LogP contribution < -0.4 is 15.1 Å². The average Bonchev–Trinajstić information content (AvgIpc) is 3.39. The third-order valence-corrected chi connectivity index (χ3v) is 7.53. The Morgan fingerprint density at radius 2 is 2.09 bits per heavy atom. The lowest BCUT2D eigenvalue weighted by molar-refractivity contribution is -0.705. The second-order valence-electron chi connectivity index (χ2n) is 7.68. The Morgan fingerprint density at radius 3 is 2.80 bits per heavy atom. The van der Waals surface area contributed by atoms with Crippen molar-refractivity contribution in [3.63, 3.8) is 0 Å². The minimum absolute atomic E-state index is 0.0384. The number of thiophene rings is 1. The fourth-order valence-corrected chi connectivity index (χ4v) is 5.87. The van der Waals surface area contributed by atoms with E-state index in [9.17, 15) is 19.5 Å². The predicted octanol–water partition coefficient (Wildman–Crippen LogP) is 2.29. The van der Waals surface area contributed by atoms with E-state index < -0.39 is 11.9 Å². The molecule has 0 saturated carbocycles. The number of para-hydroxylation sites is 1. The van der Waals surface area contributed by atoms with E-state index in [0.717, 1.165) is 22.2 Å². The molecule has 1 N–H and O–H groups in total. The predicted molar refractivity (Wildman–Crippen MR) is 127 cm³/mol. The zero-order valence-electron chi connectivity index (χ0n) is 19.2. The Bertz CT molecular complexity index is 1240. The Balaban J connectivity index is 1.45. The summed E-state index contributed by atoms with van der Waals surface area (Å²) in [6, 6.07) is 9.08. The average molecular weight is 517 g/mol. The molecule has 0 unspecified atom stereocenters. The van der Waals surface area contributed by atoms with Gasteiger partial charge in [-0.15, -0.1) is 11.3 Å². The smallest absolute Gasteiger partial charge is 0.341 e. The fourth-order valence-electron chi connectivity index (χ4n) is 3.70. The molecule has 1 aliphatic heterocycles. The highest BCUT2D eigenvalue weighted by molar-refractivity contribution is 7.99. The van der Waals surface area contributed by atoms with Gasteiger partial charge in [-0.3, -0.25) is 9.59 Å². The van der Waals surface area contributed by atoms with Gasteiger partial charge in [0.05, 0.1) is 24.0 Å².